The molecular formula is C20H14AsN4. The van der Waals surface area contributed by atoms with Crippen molar-refractivity contribution in [3.8, 4) is 0 Å². The molecule has 0 spiro atoms. The fourth-order valence-corrected chi connectivity index (χ4v) is 2.87. The molecule has 3 radical (unpaired) electrons. The number of nitrogens with one attached hydrogen (secondary N) is 2. The molecule has 5 heteroatoms. The van der Waals surface area contributed by atoms with Crippen LogP contribution < -0.4 is 0 Å². The molecule has 25 heavy (non-hydrogen) atoms. The number of hydrogen-bond donors (Lipinski definition) is 2. The van der Waals surface area contributed by atoms with Gasteiger partial charge in [0.2, 0.25) is 0 Å². The van der Waals surface area contributed by atoms with Crippen LogP contribution in [0.4, 0.5) is 0 Å². The van der Waals surface area contributed by atoms with Gasteiger partial charge in [-0.25, -0.2) is 9.97 Å². The minimum Gasteiger partial charge on any atom is -0.355 e. The Bertz CT molecular complexity index is 1220. The average molecular weight is 386 g/mol. The zero-order valence-electron chi connectivity index (χ0n) is 14.2. The first-order chi connectivity index (χ1) is 12.2. The molecular weight excluding hydrogens is 371 g/mol. The van der Waals surface area contributed by atoms with E-state index in [4.69, 9.17) is 1.37 Å². The molecule has 0 saturated heterocycles. The van der Waals surface area contributed by atoms with Crippen LogP contribution in [0.2, 0.25) is 0 Å². The second-order valence-electron chi connectivity index (χ2n) is 5.82. The molecule has 0 unspecified atom stereocenters. The molecule has 4 nitrogen and oxygen atoms in total. The first-order valence-electron chi connectivity index (χ1n) is 8.26. The fraction of sp³-hybridized carbons (Fsp3) is 0. The second kappa shape index (κ2) is 6.23. The Morgan fingerprint density at radius 3 is 1.72 bits per heavy atom. The van der Waals surface area contributed by atoms with Crippen LogP contribution >= 0.6 is 0 Å². The molecule has 0 aromatic carbocycles. The van der Waals surface area contributed by atoms with Gasteiger partial charge in [0.25, 0.3) is 0 Å². The molecule has 0 aliphatic carbocycles. The molecule has 5 rings (SSSR count). The number of aromatic amines is 2. The van der Waals surface area contributed by atoms with Gasteiger partial charge in [0.1, 0.15) is 0 Å². The number of rotatable bonds is 0. The van der Waals surface area contributed by atoms with Crippen LogP contribution in [-0.4, -0.2) is 37.9 Å². The van der Waals surface area contributed by atoms with E-state index < -0.39 is 0 Å². The maximum Gasteiger partial charge on any atom is 0.0659 e. The second-order valence-corrected chi connectivity index (χ2v) is 5.82. The Hall–Kier alpha value is -2.84. The summed E-state index contributed by atoms with van der Waals surface area (Å²) in [5.74, 6) is 0. The van der Waals surface area contributed by atoms with E-state index in [1.807, 2.05) is 66.8 Å². The van der Waals surface area contributed by atoms with Crippen molar-refractivity contribution < 1.29 is 1.37 Å². The normalized spacial score (nSPS) is 12.7. The minimum atomic E-state index is 0. The van der Waals surface area contributed by atoms with Crippen molar-refractivity contribution in [1.82, 2.24) is 19.9 Å². The fourth-order valence-electron chi connectivity index (χ4n) is 2.87. The van der Waals surface area contributed by atoms with Crippen LogP contribution in [0.25, 0.3) is 46.4 Å². The molecule has 0 fully saturated rings. The zero-order valence-corrected chi connectivity index (χ0v) is 15.1. The molecule has 0 atom stereocenters. The predicted octanol–water partition coefficient (Wildman–Crippen LogP) is 4.27. The van der Waals surface area contributed by atoms with E-state index in [2.05, 4.69) is 19.9 Å². The number of aromatic nitrogens is 4. The van der Waals surface area contributed by atoms with Crippen LogP contribution in [0.15, 0.2) is 48.5 Å². The summed E-state index contributed by atoms with van der Waals surface area (Å²) in [6.45, 7) is 0. The summed E-state index contributed by atoms with van der Waals surface area (Å²) < 4.78 is 8.15. The summed E-state index contributed by atoms with van der Waals surface area (Å²) in [6, 6.07) is 14.1. The Balaban J connectivity index is 0.00000168. The van der Waals surface area contributed by atoms with Crippen molar-refractivity contribution in [2.75, 3.05) is 0 Å². The molecule has 8 bridgehead atoms. The van der Waals surface area contributed by atoms with E-state index in [1.165, 1.54) is 0 Å². The summed E-state index contributed by atoms with van der Waals surface area (Å²) in [5, 5.41) is 0. The van der Waals surface area contributed by atoms with E-state index in [9.17, 15) is 0 Å². The van der Waals surface area contributed by atoms with Crippen molar-refractivity contribution in [2.45, 2.75) is 0 Å². The van der Waals surface area contributed by atoms with Crippen molar-refractivity contribution in [3.05, 3.63) is 71.3 Å². The maximum absolute atomic E-state index is 8.15. The largest absolute Gasteiger partial charge is 0.355 e. The van der Waals surface area contributed by atoms with Crippen LogP contribution in [0.5, 0.6) is 0 Å². The van der Waals surface area contributed by atoms with Gasteiger partial charge in [0.05, 0.1) is 24.1 Å². The van der Waals surface area contributed by atoms with Gasteiger partial charge in [-0.05, 0) is 72.8 Å². The average Bonchev–Trinajstić information content (AvgIpc) is 3.33. The Kier molecular flexibility index (Phi) is 3.61. The summed E-state index contributed by atoms with van der Waals surface area (Å²) in [4.78, 5) is 15.8. The third-order valence-electron chi connectivity index (χ3n) is 3.96. The first-order valence-corrected chi connectivity index (χ1v) is 7.76. The molecule has 3 aromatic rings. The van der Waals surface area contributed by atoms with Gasteiger partial charge >= 0.3 is 0 Å². The zero-order chi connectivity index (χ0) is 16.8. The van der Waals surface area contributed by atoms with Crippen molar-refractivity contribution in [2.24, 2.45) is 0 Å². The third kappa shape index (κ3) is 3.21. The van der Waals surface area contributed by atoms with Gasteiger partial charge in [0.15, 0.2) is 0 Å². The monoisotopic (exact) mass is 386 g/mol. The van der Waals surface area contributed by atoms with Crippen LogP contribution in [0.3, 0.4) is 0 Å². The van der Waals surface area contributed by atoms with E-state index in [0.717, 1.165) is 44.8 Å². The Morgan fingerprint density at radius 1 is 0.600 bits per heavy atom. The third-order valence-corrected chi connectivity index (χ3v) is 3.96. The van der Waals surface area contributed by atoms with Gasteiger partial charge in [-0.15, -0.1) is 0 Å². The van der Waals surface area contributed by atoms with Crippen LogP contribution in [0.1, 0.15) is 24.1 Å². The summed E-state index contributed by atoms with van der Waals surface area (Å²) in [5.41, 5.74) is 7.04. The SMILES string of the molecule is [2H]c1cc2cc3nc(cc4nc(cc5ccc(cc1[nH]2)[nH]5)C=C4)C=C3.[As]. The Morgan fingerprint density at radius 2 is 1.08 bits per heavy atom. The van der Waals surface area contributed by atoms with Crippen molar-refractivity contribution in [1.29, 1.82) is 0 Å². The molecule has 5 heterocycles. The first kappa shape index (κ1) is 14.5. The smallest absolute Gasteiger partial charge is 0.0659 e. The van der Waals surface area contributed by atoms with Gasteiger partial charge in [-0.3, -0.25) is 0 Å². The van der Waals surface area contributed by atoms with Crippen LogP contribution in [-0.2, 0) is 0 Å². The molecule has 0 saturated carbocycles. The number of hydrogen-bond acceptors (Lipinski definition) is 2. The van der Waals surface area contributed by atoms with Gasteiger partial charge in [-0.1, -0.05) is 0 Å². The summed E-state index contributed by atoms with van der Waals surface area (Å²) in [7, 11) is 0. The molecule has 2 aliphatic rings. The molecule has 2 aliphatic heterocycles. The summed E-state index contributed by atoms with van der Waals surface area (Å²) >= 11 is 0. The van der Waals surface area contributed by atoms with Gasteiger partial charge in [-0.2, -0.15) is 0 Å². The van der Waals surface area contributed by atoms with Gasteiger partial charge in [0, 0.05) is 40.0 Å². The number of fused-ring (bicyclic) bond motifs is 8. The predicted molar refractivity (Wildman–Crippen MR) is 105 cm³/mol. The van der Waals surface area contributed by atoms with E-state index >= 15 is 0 Å². The minimum absolute atomic E-state index is 0. The van der Waals surface area contributed by atoms with Gasteiger partial charge < -0.3 is 9.97 Å². The topological polar surface area (TPSA) is 57.4 Å². The maximum atomic E-state index is 8.15. The van der Waals surface area contributed by atoms with Crippen LogP contribution in [0, 0.1) is 0 Å². The van der Waals surface area contributed by atoms with Crippen molar-refractivity contribution >= 4 is 64.3 Å². The molecule has 0 amide bonds. The van der Waals surface area contributed by atoms with Crippen molar-refractivity contribution in [3.63, 3.8) is 0 Å². The van der Waals surface area contributed by atoms with E-state index in [1.54, 1.807) is 0 Å². The Labute approximate surface area is 157 Å². The molecule has 2 N–H and O–H groups in total. The quantitative estimate of drug-likeness (QED) is 0.391. The number of nitrogens with zero attached hydrogens (tertiary/aromatic N) is 2. The molecule has 119 valence electrons. The van der Waals surface area contributed by atoms with E-state index in [-0.39, 0.29) is 18.0 Å². The standard InChI is InChI=1S/C20H14N4.As/c1-2-14-10-16-5-6-18(23-16)12-20-8-7-19(24-20)11-17-4-3-15(22-17)9-13(1)21-14;/h1-12,21-22H;/i1D;. The molecule has 3 aromatic heterocycles. The summed E-state index contributed by atoms with van der Waals surface area (Å²) in [6.07, 6.45) is 7.91. The van der Waals surface area contributed by atoms with E-state index in [0.29, 0.717) is 6.04 Å². The number of H-pyrrole nitrogens is 2.